The molecule has 9 heteroatoms. The van der Waals surface area contributed by atoms with E-state index >= 15 is 0 Å². The molecule has 0 aliphatic heterocycles. The van der Waals surface area contributed by atoms with E-state index in [1.807, 2.05) is 26.0 Å². The number of H-pyrrole nitrogens is 1. The van der Waals surface area contributed by atoms with E-state index in [9.17, 15) is 4.79 Å². The molecule has 4 aromatic heterocycles. The van der Waals surface area contributed by atoms with Gasteiger partial charge in [0.1, 0.15) is 17.0 Å². The number of aromatic amines is 1. The van der Waals surface area contributed by atoms with Gasteiger partial charge in [-0.15, -0.1) is 0 Å². The number of imidazole rings is 1. The molecule has 4 rings (SSSR count). The summed E-state index contributed by atoms with van der Waals surface area (Å²) in [7, 11) is 0. The fraction of sp³-hybridized carbons (Fsp3) is 0.200. The quantitative estimate of drug-likeness (QED) is 0.593. The average molecular weight is 342 g/mol. The first-order valence-corrected chi connectivity index (χ1v) is 8.20. The number of fused-ring (bicyclic) bond motifs is 1. The molecule has 1 atom stereocenters. The topological polar surface area (TPSA) is 101 Å². The SMILES string of the molecule is Cc1ccc(-c2cc(C(=O)N[C@H](C)c3cn4ncsc4n3)n[nH]2)o1. The van der Waals surface area contributed by atoms with Crippen molar-refractivity contribution in [3.63, 3.8) is 0 Å². The van der Waals surface area contributed by atoms with E-state index in [1.54, 1.807) is 22.3 Å². The fourth-order valence-corrected chi connectivity index (χ4v) is 2.96. The van der Waals surface area contributed by atoms with Crippen LogP contribution in [0.5, 0.6) is 0 Å². The third-order valence-electron chi connectivity index (χ3n) is 3.61. The summed E-state index contributed by atoms with van der Waals surface area (Å²) in [6, 6.07) is 5.10. The summed E-state index contributed by atoms with van der Waals surface area (Å²) in [6.45, 7) is 3.73. The van der Waals surface area contributed by atoms with Crippen molar-refractivity contribution >= 4 is 22.2 Å². The number of aromatic nitrogens is 5. The Morgan fingerprint density at radius 2 is 2.33 bits per heavy atom. The summed E-state index contributed by atoms with van der Waals surface area (Å²) in [5, 5.41) is 13.9. The lowest BCUT2D eigenvalue weighted by Crippen LogP contribution is -2.27. The monoisotopic (exact) mass is 342 g/mol. The zero-order valence-corrected chi connectivity index (χ0v) is 13.8. The van der Waals surface area contributed by atoms with Gasteiger partial charge in [-0.25, -0.2) is 9.50 Å². The van der Waals surface area contributed by atoms with Crippen molar-refractivity contribution in [3.05, 3.63) is 47.1 Å². The molecule has 0 saturated carbocycles. The van der Waals surface area contributed by atoms with E-state index in [4.69, 9.17) is 4.42 Å². The molecule has 0 aromatic carbocycles. The predicted molar refractivity (Wildman–Crippen MR) is 87.8 cm³/mol. The van der Waals surface area contributed by atoms with E-state index in [0.29, 0.717) is 17.1 Å². The van der Waals surface area contributed by atoms with Crippen LogP contribution < -0.4 is 5.32 Å². The molecular formula is C15H14N6O2S. The minimum atomic E-state index is -0.280. The molecule has 4 aromatic rings. The summed E-state index contributed by atoms with van der Waals surface area (Å²) < 4.78 is 7.21. The Balaban J connectivity index is 1.49. The van der Waals surface area contributed by atoms with Crippen LogP contribution in [0.2, 0.25) is 0 Å². The van der Waals surface area contributed by atoms with Gasteiger partial charge in [-0.3, -0.25) is 9.89 Å². The minimum absolute atomic E-state index is 0.252. The zero-order chi connectivity index (χ0) is 16.7. The van der Waals surface area contributed by atoms with Crippen molar-refractivity contribution < 1.29 is 9.21 Å². The van der Waals surface area contributed by atoms with Gasteiger partial charge in [-0.05, 0) is 26.0 Å². The highest BCUT2D eigenvalue weighted by Crippen LogP contribution is 2.21. The number of hydrogen-bond acceptors (Lipinski definition) is 6. The number of furan rings is 1. The van der Waals surface area contributed by atoms with Gasteiger partial charge in [-0.1, -0.05) is 11.3 Å². The molecule has 0 unspecified atom stereocenters. The van der Waals surface area contributed by atoms with Gasteiger partial charge in [0.05, 0.1) is 17.9 Å². The van der Waals surface area contributed by atoms with Crippen molar-refractivity contribution in [2.24, 2.45) is 0 Å². The molecule has 1 amide bonds. The summed E-state index contributed by atoms with van der Waals surface area (Å²) in [4.78, 5) is 17.6. The normalized spacial score (nSPS) is 12.6. The average Bonchev–Trinajstić information content (AvgIpc) is 3.29. The highest BCUT2D eigenvalue weighted by Gasteiger charge is 2.18. The van der Waals surface area contributed by atoms with Crippen molar-refractivity contribution in [1.29, 1.82) is 0 Å². The zero-order valence-electron chi connectivity index (χ0n) is 13.0. The third kappa shape index (κ3) is 2.58. The van der Waals surface area contributed by atoms with Crippen molar-refractivity contribution in [2.75, 3.05) is 0 Å². The summed E-state index contributed by atoms with van der Waals surface area (Å²) >= 11 is 1.44. The fourth-order valence-electron chi connectivity index (χ4n) is 2.35. The van der Waals surface area contributed by atoms with Crippen LogP contribution in [-0.2, 0) is 0 Å². The predicted octanol–water partition coefficient (Wildman–Crippen LogP) is 2.57. The molecule has 24 heavy (non-hydrogen) atoms. The molecule has 0 spiro atoms. The molecule has 122 valence electrons. The van der Waals surface area contributed by atoms with Crippen molar-refractivity contribution in [2.45, 2.75) is 19.9 Å². The number of amides is 1. The Bertz CT molecular complexity index is 982. The molecule has 0 aliphatic carbocycles. The van der Waals surface area contributed by atoms with Crippen molar-refractivity contribution in [3.8, 4) is 11.5 Å². The number of carbonyl (C=O) groups is 1. The number of nitrogens with one attached hydrogen (secondary N) is 2. The number of rotatable bonds is 4. The van der Waals surface area contributed by atoms with Gasteiger partial charge in [0.15, 0.2) is 11.5 Å². The number of hydrogen-bond donors (Lipinski definition) is 2. The van der Waals surface area contributed by atoms with E-state index in [1.165, 1.54) is 11.3 Å². The minimum Gasteiger partial charge on any atom is -0.460 e. The lowest BCUT2D eigenvalue weighted by Gasteiger charge is -2.09. The number of carbonyl (C=O) groups excluding carboxylic acids is 1. The molecular weight excluding hydrogens is 328 g/mol. The van der Waals surface area contributed by atoms with Crippen LogP contribution in [0.4, 0.5) is 0 Å². The van der Waals surface area contributed by atoms with E-state index < -0.39 is 0 Å². The van der Waals surface area contributed by atoms with Gasteiger partial charge in [0.2, 0.25) is 4.96 Å². The van der Waals surface area contributed by atoms with Crippen LogP contribution in [0, 0.1) is 6.92 Å². The maximum absolute atomic E-state index is 12.4. The van der Waals surface area contributed by atoms with Crippen LogP contribution >= 0.6 is 11.3 Å². The maximum atomic E-state index is 12.4. The lowest BCUT2D eigenvalue weighted by atomic mass is 10.2. The van der Waals surface area contributed by atoms with Gasteiger partial charge in [0, 0.05) is 6.07 Å². The highest BCUT2D eigenvalue weighted by molar-refractivity contribution is 7.14. The summed E-state index contributed by atoms with van der Waals surface area (Å²) in [5.41, 5.74) is 3.43. The third-order valence-corrected chi connectivity index (χ3v) is 4.30. The Kier molecular flexibility index (Phi) is 3.42. The first-order chi connectivity index (χ1) is 11.6. The number of aryl methyl sites for hydroxylation is 1. The Hall–Kier alpha value is -2.94. The standard InChI is InChI=1S/C15H14N6O2S/c1-8-3-4-13(23-8)10-5-11(20-19-10)14(22)17-9(2)12-6-21-15(18-12)24-7-16-21/h3-7,9H,1-2H3,(H,17,22)(H,19,20)/t9-/m1/s1. The smallest absolute Gasteiger partial charge is 0.272 e. The van der Waals surface area contributed by atoms with E-state index in [0.717, 1.165) is 16.4 Å². The molecule has 2 N–H and O–H groups in total. The molecule has 4 heterocycles. The molecule has 8 nitrogen and oxygen atoms in total. The summed E-state index contributed by atoms with van der Waals surface area (Å²) in [5.74, 6) is 1.16. The second kappa shape index (κ2) is 5.60. The first-order valence-electron chi connectivity index (χ1n) is 7.32. The summed E-state index contributed by atoms with van der Waals surface area (Å²) in [6.07, 6.45) is 1.80. The van der Waals surface area contributed by atoms with Crippen molar-refractivity contribution in [1.82, 2.24) is 30.1 Å². The Labute approximate surface area is 140 Å². The van der Waals surface area contributed by atoms with E-state index in [2.05, 4.69) is 25.6 Å². The van der Waals surface area contributed by atoms with Crippen LogP contribution in [0.1, 0.15) is 34.9 Å². The Morgan fingerprint density at radius 1 is 1.46 bits per heavy atom. The largest absolute Gasteiger partial charge is 0.460 e. The highest BCUT2D eigenvalue weighted by atomic mass is 32.1. The molecule has 0 bridgehead atoms. The van der Waals surface area contributed by atoms with Crippen LogP contribution in [0.3, 0.4) is 0 Å². The Morgan fingerprint density at radius 3 is 3.08 bits per heavy atom. The first kappa shape index (κ1) is 14.6. The van der Waals surface area contributed by atoms with E-state index in [-0.39, 0.29) is 11.9 Å². The maximum Gasteiger partial charge on any atom is 0.272 e. The molecule has 0 aliphatic rings. The van der Waals surface area contributed by atoms with Gasteiger partial charge >= 0.3 is 0 Å². The van der Waals surface area contributed by atoms with Crippen LogP contribution in [0.15, 0.2) is 34.3 Å². The molecule has 0 fully saturated rings. The second-order valence-corrected chi connectivity index (χ2v) is 6.22. The van der Waals surface area contributed by atoms with Crippen LogP contribution in [0.25, 0.3) is 16.4 Å². The van der Waals surface area contributed by atoms with Gasteiger partial charge in [-0.2, -0.15) is 10.2 Å². The molecule has 0 saturated heterocycles. The molecule has 0 radical (unpaired) electrons. The number of nitrogens with zero attached hydrogens (tertiary/aromatic N) is 4. The van der Waals surface area contributed by atoms with Gasteiger partial charge < -0.3 is 9.73 Å². The van der Waals surface area contributed by atoms with Crippen LogP contribution in [-0.4, -0.2) is 30.7 Å². The lowest BCUT2D eigenvalue weighted by molar-refractivity contribution is 0.0934. The second-order valence-electron chi connectivity index (χ2n) is 5.40. The van der Waals surface area contributed by atoms with Gasteiger partial charge in [0.25, 0.3) is 5.91 Å².